The van der Waals surface area contributed by atoms with Crippen molar-refractivity contribution in [3.8, 4) is 5.75 Å². The Morgan fingerprint density at radius 1 is 1.26 bits per heavy atom. The molecule has 4 rings (SSSR count). The van der Waals surface area contributed by atoms with Crippen molar-refractivity contribution in [2.75, 3.05) is 13.9 Å². The van der Waals surface area contributed by atoms with Crippen LogP contribution in [0.15, 0.2) is 30.6 Å². The second kappa shape index (κ2) is 10.1. The fraction of sp³-hybridized carbons (Fsp3) is 0.538. The molecule has 35 heavy (non-hydrogen) atoms. The third-order valence-electron chi connectivity index (χ3n) is 6.41. The number of carbonyl (C=O) groups excluding carboxylic acids is 1. The predicted molar refractivity (Wildman–Crippen MR) is 130 cm³/mol. The Kier molecular flexibility index (Phi) is 7.32. The summed E-state index contributed by atoms with van der Waals surface area (Å²) in [7, 11) is 3.40. The van der Waals surface area contributed by atoms with Crippen molar-refractivity contribution in [3.63, 3.8) is 0 Å². The first-order valence-electron chi connectivity index (χ1n) is 11.8. The standard InChI is InChI=1S/C26H34N2O7/c1-15-10-11-19(29)24-20(34-26(3,4)35-24)9-7-8-17-22(25(30)33-16(15)2)21(32-14-31-6)12-18-23(17)27-13-28(18)5/h7-8,10-13,15-16,19-20,24,29H,9,14H2,1-6H3/b8-7+,11-10-/t15-,16+,19?,20-,24-/m1/s1. The summed E-state index contributed by atoms with van der Waals surface area (Å²) in [5.74, 6) is -1.15. The molecule has 5 atom stereocenters. The molecule has 0 radical (unpaired) electrons. The molecule has 0 spiro atoms. The van der Waals surface area contributed by atoms with Gasteiger partial charge in [-0.05, 0) is 27.2 Å². The van der Waals surface area contributed by atoms with Crippen molar-refractivity contribution in [1.29, 1.82) is 0 Å². The molecule has 2 aliphatic heterocycles. The van der Waals surface area contributed by atoms with Crippen molar-refractivity contribution in [3.05, 3.63) is 41.7 Å². The molecule has 0 amide bonds. The minimum Gasteiger partial charge on any atom is -0.467 e. The van der Waals surface area contributed by atoms with Crippen molar-refractivity contribution in [2.24, 2.45) is 13.0 Å². The number of methoxy groups -OCH3 is 1. The molecule has 2 aromatic rings. The van der Waals surface area contributed by atoms with Crippen LogP contribution in [0.4, 0.5) is 0 Å². The average molecular weight is 487 g/mol. The van der Waals surface area contributed by atoms with Gasteiger partial charge in [0.15, 0.2) is 12.6 Å². The number of ether oxygens (including phenoxy) is 5. The summed E-state index contributed by atoms with van der Waals surface area (Å²) in [6, 6.07) is 1.77. The third kappa shape index (κ3) is 5.28. The monoisotopic (exact) mass is 486 g/mol. The highest BCUT2D eigenvalue weighted by atomic mass is 16.8. The largest absolute Gasteiger partial charge is 0.467 e. The summed E-state index contributed by atoms with van der Waals surface area (Å²) in [5, 5.41) is 10.8. The van der Waals surface area contributed by atoms with Gasteiger partial charge in [-0.2, -0.15) is 0 Å². The van der Waals surface area contributed by atoms with E-state index < -0.39 is 30.1 Å². The normalized spacial score (nSPS) is 30.7. The summed E-state index contributed by atoms with van der Waals surface area (Å²) in [5.41, 5.74) is 2.31. The number of carbonyl (C=O) groups is 1. The average Bonchev–Trinajstić information content (AvgIpc) is 3.33. The number of aliphatic hydroxyl groups is 1. The molecule has 0 saturated carbocycles. The molecular formula is C26H34N2O7. The van der Waals surface area contributed by atoms with Gasteiger partial charge in [0.25, 0.3) is 0 Å². The molecule has 9 nitrogen and oxygen atoms in total. The van der Waals surface area contributed by atoms with Crippen LogP contribution in [-0.2, 0) is 26.0 Å². The Labute approximate surface area is 205 Å². The minimum absolute atomic E-state index is 0.0244. The smallest absolute Gasteiger partial charge is 0.342 e. The molecular weight excluding hydrogens is 452 g/mol. The molecule has 0 bridgehead atoms. The molecule has 1 fully saturated rings. The van der Waals surface area contributed by atoms with E-state index >= 15 is 0 Å². The number of benzene rings is 1. The molecule has 1 unspecified atom stereocenters. The van der Waals surface area contributed by atoms with Crippen molar-refractivity contribution < 1.29 is 33.6 Å². The molecule has 9 heteroatoms. The lowest BCUT2D eigenvalue weighted by Gasteiger charge is -2.23. The van der Waals surface area contributed by atoms with Gasteiger partial charge in [-0.25, -0.2) is 9.78 Å². The number of hydrogen-bond donors (Lipinski definition) is 1. The van der Waals surface area contributed by atoms with Gasteiger partial charge in [0.05, 0.1) is 23.5 Å². The summed E-state index contributed by atoms with van der Waals surface area (Å²) < 4.78 is 30.7. The van der Waals surface area contributed by atoms with Crippen LogP contribution in [0, 0.1) is 5.92 Å². The maximum atomic E-state index is 13.5. The zero-order chi connectivity index (χ0) is 25.3. The van der Waals surface area contributed by atoms with Crippen molar-refractivity contribution >= 4 is 23.1 Å². The summed E-state index contributed by atoms with van der Waals surface area (Å²) in [4.78, 5) is 18.0. The lowest BCUT2D eigenvalue weighted by atomic mass is 9.98. The van der Waals surface area contributed by atoms with Gasteiger partial charge in [-0.15, -0.1) is 0 Å². The van der Waals surface area contributed by atoms with Gasteiger partial charge in [-0.3, -0.25) is 0 Å². The van der Waals surface area contributed by atoms with Gasteiger partial charge in [0.2, 0.25) is 0 Å². The maximum absolute atomic E-state index is 13.5. The van der Waals surface area contributed by atoms with E-state index in [2.05, 4.69) is 4.98 Å². The van der Waals surface area contributed by atoms with Gasteiger partial charge in [-0.1, -0.05) is 31.2 Å². The number of fused-ring (bicyclic) bond motifs is 4. The highest BCUT2D eigenvalue weighted by Crippen LogP contribution is 2.35. The number of aliphatic hydroxyl groups excluding tert-OH is 1. The highest BCUT2D eigenvalue weighted by Gasteiger charge is 2.43. The summed E-state index contributed by atoms with van der Waals surface area (Å²) >= 11 is 0. The van der Waals surface area contributed by atoms with E-state index in [0.717, 1.165) is 5.52 Å². The Bertz CT molecular complexity index is 1140. The SMILES string of the molecule is COCOc1cc2c(ncn2C)c2c1C(=O)O[C@@H](C)[C@H](C)/C=C\C(O)[C@H]1OC(C)(C)O[C@@H]1C/C=C/2. The fourth-order valence-electron chi connectivity index (χ4n) is 4.42. The number of aromatic nitrogens is 2. The molecule has 1 aromatic carbocycles. The van der Waals surface area contributed by atoms with Crippen LogP contribution in [-0.4, -0.2) is 64.7 Å². The number of rotatable bonds is 3. The number of esters is 1. The van der Waals surface area contributed by atoms with Gasteiger partial charge in [0, 0.05) is 31.7 Å². The molecule has 1 aromatic heterocycles. The van der Waals surface area contributed by atoms with Gasteiger partial charge >= 0.3 is 5.97 Å². The summed E-state index contributed by atoms with van der Waals surface area (Å²) in [6.45, 7) is 7.38. The van der Waals surface area contributed by atoms with Gasteiger partial charge < -0.3 is 33.4 Å². The number of nitrogens with zero attached hydrogens (tertiary/aromatic N) is 2. The van der Waals surface area contributed by atoms with E-state index in [1.54, 1.807) is 18.5 Å². The zero-order valence-electron chi connectivity index (χ0n) is 21.1. The lowest BCUT2D eigenvalue weighted by Crippen LogP contribution is -2.34. The summed E-state index contributed by atoms with van der Waals surface area (Å²) in [6.07, 6.45) is 7.15. The third-order valence-corrected chi connectivity index (χ3v) is 6.41. The van der Waals surface area contributed by atoms with Gasteiger partial charge in [0.1, 0.15) is 29.6 Å². The minimum atomic E-state index is -0.868. The molecule has 0 aliphatic carbocycles. The molecule has 2 aliphatic rings. The van der Waals surface area contributed by atoms with E-state index in [1.165, 1.54) is 7.11 Å². The van der Waals surface area contributed by atoms with E-state index in [4.69, 9.17) is 23.7 Å². The predicted octanol–water partition coefficient (Wildman–Crippen LogP) is 3.59. The molecule has 1 N–H and O–H groups in total. The van der Waals surface area contributed by atoms with Crippen LogP contribution in [0.25, 0.3) is 17.1 Å². The number of cyclic esters (lactones) is 1. The van der Waals surface area contributed by atoms with Crippen LogP contribution >= 0.6 is 0 Å². The highest BCUT2D eigenvalue weighted by molar-refractivity contribution is 6.03. The second-order valence-electron chi connectivity index (χ2n) is 9.56. The first kappa shape index (κ1) is 25.4. The molecule has 3 heterocycles. The Balaban J connectivity index is 1.85. The number of imidazole rings is 1. The molecule has 1 saturated heterocycles. The lowest BCUT2D eigenvalue weighted by molar-refractivity contribution is -0.152. The van der Waals surface area contributed by atoms with E-state index in [0.29, 0.717) is 23.3 Å². The van der Waals surface area contributed by atoms with E-state index in [-0.39, 0.29) is 24.4 Å². The topological polar surface area (TPSA) is 101 Å². The first-order chi connectivity index (χ1) is 16.6. The quantitative estimate of drug-likeness (QED) is 0.399. The fourth-order valence-corrected chi connectivity index (χ4v) is 4.42. The van der Waals surface area contributed by atoms with Crippen LogP contribution in [0.5, 0.6) is 5.75 Å². The van der Waals surface area contributed by atoms with Crippen molar-refractivity contribution in [2.45, 2.75) is 64.3 Å². The van der Waals surface area contributed by atoms with Crippen LogP contribution in [0.1, 0.15) is 50.0 Å². The van der Waals surface area contributed by atoms with E-state index in [1.807, 2.05) is 57.5 Å². The number of aryl methyl sites for hydroxylation is 1. The van der Waals surface area contributed by atoms with Crippen LogP contribution in [0.2, 0.25) is 0 Å². The number of hydrogen-bond acceptors (Lipinski definition) is 8. The Hall–Kier alpha value is -2.72. The maximum Gasteiger partial charge on any atom is 0.342 e. The molecule has 190 valence electrons. The first-order valence-corrected chi connectivity index (χ1v) is 11.8. The van der Waals surface area contributed by atoms with Crippen LogP contribution < -0.4 is 4.74 Å². The zero-order valence-corrected chi connectivity index (χ0v) is 21.1. The van der Waals surface area contributed by atoms with Crippen LogP contribution in [0.3, 0.4) is 0 Å². The van der Waals surface area contributed by atoms with Crippen molar-refractivity contribution in [1.82, 2.24) is 9.55 Å². The van der Waals surface area contributed by atoms with E-state index in [9.17, 15) is 9.90 Å². The second-order valence-corrected chi connectivity index (χ2v) is 9.56. The Morgan fingerprint density at radius 3 is 2.77 bits per heavy atom. The Morgan fingerprint density at radius 2 is 2.03 bits per heavy atom.